The molecule has 0 spiro atoms. The molecule has 10 nitrogen and oxygen atoms in total. The van der Waals surface area contributed by atoms with Gasteiger partial charge >= 0.3 is 5.97 Å². The van der Waals surface area contributed by atoms with Gasteiger partial charge in [-0.05, 0) is 0 Å². The molecule has 22 heavy (non-hydrogen) atoms. The molecule has 0 aromatic carbocycles. The molecule has 3 fully saturated rings. The number of aliphatic carboxylic acids is 1. The normalized spacial score (nSPS) is 44.0. The summed E-state index contributed by atoms with van der Waals surface area (Å²) in [4.78, 5) is 21.0. The number of aliphatic hydroxyl groups is 1. The van der Waals surface area contributed by atoms with Crippen molar-refractivity contribution >= 4 is 12.4 Å². The molecule has 3 aliphatic rings. The second-order valence-corrected chi connectivity index (χ2v) is 5.09. The molecule has 0 aromatic rings. The molecule has 0 saturated carbocycles. The highest BCUT2D eigenvalue weighted by molar-refractivity contribution is 5.67. The number of hydrogen-bond donors (Lipinski definition) is 2. The molecular formula is C12H16O10. The summed E-state index contributed by atoms with van der Waals surface area (Å²) in [7, 11) is 0. The van der Waals surface area contributed by atoms with E-state index in [2.05, 4.69) is 4.74 Å². The number of carboxylic acids is 1. The number of fused-ring (bicyclic) bond motifs is 3. The summed E-state index contributed by atoms with van der Waals surface area (Å²) >= 11 is 0. The SMILES string of the molecule is O=COCC1OCC2OC(O)C3OC(CC(=O)O)OC3C2O1. The molecule has 2 N–H and O–H groups in total. The Kier molecular flexibility index (Phi) is 4.57. The number of aliphatic hydroxyl groups excluding tert-OH is 1. The Morgan fingerprint density at radius 2 is 1.86 bits per heavy atom. The Morgan fingerprint density at radius 1 is 1.14 bits per heavy atom. The first-order chi connectivity index (χ1) is 10.6. The van der Waals surface area contributed by atoms with E-state index in [0.29, 0.717) is 0 Å². The van der Waals surface area contributed by atoms with Gasteiger partial charge in [-0.1, -0.05) is 0 Å². The first-order valence-electron chi connectivity index (χ1n) is 6.77. The van der Waals surface area contributed by atoms with Crippen LogP contribution in [0.3, 0.4) is 0 Å². The number of ether oxygens (including phenoxy) is 6. The predicted octanol–water partition coefficient (Wildman–Crippen LogP) is -1.80. The number of carboxylic acid groups (broad SMARTS) is 1. The second-order valence-electron chi connectivity index (χ2n) is 5.09. The Balaban J connectivity index is 1.67. The van der Waals surface area contributed by atoms with Gasteiger partial charge in [-0.2, -0.15) is 0 Å². The molecule has 0 bridgehead atoms. The minimum absolute atomic E-state index is 0.0912. The fraction of sp³-hybridized carbons (Fsp3) is 0.833. The van der Waals surface area contributed by atoms with E-state index in [9.17, 15) is 14.7 Å². The molecule has 0 aliphatic carbocycles. The minimum atomic E-state index is -1.26. The van der Waals surface area contributed by atoms with Gasteiger partial charge in [0.05, 0.1) is 13.0 Å². The highest BCUT2D eigenvalue weighted by atomic mass is 16.8. The summed E-state index contributed by atoms with van der Waals surface area (Å²) in [5.74, 6) is -1.08. The molecule has 0 radical (unpaired) electrons. The first kappa shape index (κ1) is 15.6. The van der Waals surface area contributed by atoms with Crippen LogP contribution in [-0.2, 0) is 38.0 Å². The Labute approximate surface area is 124 Å². The van der Waals surface area contributed by atoms with Crippen LogP contribution >= 0.6 is 0 Å². The molecule has 3 rings (SSSR count). The van der Waals surface area contributed by atoms with E-state index in [4.69, 9.17) is 28.8 Å². The average molecular weight is 320 g/mol. The summed E-state index contributed by atoms with van der Waals surface area (Å²) < 4.78 is 31.8. The van der Waals surface area contributed by atoms with Crippen LogP contribution in [0, 0.1) is 0 Å². The largest absolute Gasteiger partial charge is 0.481 e. The summed E-state index contributed by atoms with van der Waals surface area (Å²) in [6.07, 6.45) is -6.14. The molecule has 0 amide bonds. The molecule has 7 unspecified atom stereocenters. The fourth-order valence-corrected chi connectivity index (χ4v) is 2.74. The van der Waals surface area contributed by atoms with Crippen molar-refractivity contribution < 1.29 is 48.2 Å². The van der Waals surface area contributed by atoms with Gasteiger partial charge in [0.15, 0.2) is 18.9 Å². The van der Waals surface area contributed by atoms with Crippen LogP contribution in [0.2, 0.25) is 0 Å². The number of rotatable bonds is 5. The zero-order valence-corrected chi connectivity index (χ0v) is 11.4. The van der Waals surface area contributed by atoms with Gasteiger partial charge in [0.2, 0.25) is 0 Å². The number of carbonyl (C=O) groups is 2. The monoisotopic (exact) mass is 320 g/mol. The van der Waals surface area contributed by atoms with Crippen molar-refractivity contribution in [3.63, 3.8) is 0 Å². The van der Waals surface area contributed by atoms with Gasteiger partial charge in [-0.25, -0.2) is 0 Å². The van der Waals surface area contributed by atoms with Gasteiger partial charge in [-0.15, -0.1) is 0 Å². The van der Waals surface area contributed by atoms with Gasteiger partial charge < -0.3 is 38.6 Å². The van der Waals surface area contributed by atoms with Crippen LogP contribution in [-0.4, -0.2) is 79.2 Å². The molecule has 10 heteroatoms. The number of carbonyl (C=O) groups excluding carboxylic acids is 1. The van der Waals surface area contributed by atoms with Crippen LogP contribution in [0.15, 0.2) is 0 Å². The van der Waals surface area contributed by atoms with E-state index in [1.165, 1.54) is 0 Å². The van der Waals surface area contributed by atoms with Crippen molar-refractivity contribution in [1.82, 2.24) is 0 Å². The maximum Gasteiger partial charge on any atom is 0.308 e. The molecule has 3 heterocycles. The maximum absolute atomic E-state index is 10.7. The zero-order valence-electron chi connectivity index (χ0n) is 11.4. The third-order valence-electron chi connectivity index (χ3n) is 3.62. The molecule has 124 valence electrons. The highest BCUT2D eigenvalue weighted by Gasteiger charge is 2.55. The lowest BCUT2D eigenvalue weighted by Crippen LogP contribution is -2.62. The van der Waals surface area contributed by atoms with Crippen molar-refractivity contribution in [2.45, 2.75) is 49.7 Å². The van der Waals surface area contributed by atoms with E-state index in [1.54, 1.807) is 0 Å². The molecule has 0 aromatic heterocycles. The third kappa shape index (κ3) is 3.07. The summed E-state index contributed by atoms with van der Waals surface area (Å²) in [6, 6.07) is 0. The Morgan fingerprint density at radius 3 is 2.59 bits per heavy atom. The van der Waals surface area contributed by atoms with Gasteiger partial charge in [0.1, 0.15) is 31.0 Å². The van der Waals surface area contributed by atoms with Crippen LogP contribution in [0.4, 0.5) is 0 Å². The number of hydrogen-bond acceptors (Lipinski definition) is 9. The van der Waals surface area contributed by atoms with E-state index >= 15 is 0 Å². The predicted molar refractivity (Wildman–Crippen MR) is 63.3 cm³/mol. The lowest BCUT2D eigenvalue weighted by atomic mass is 9.98. The van der Waals surface area contributed by atoms with Crippen LogP contribution in [0.1, 0.15) is 6.42 Å². The van der Waals surface area contributed by atoms with Crippen molar-refractivity contribution in [3.8, 4) is 0 Å². The summed E-state index contributed by atoms with van der Waals surface area (Å²) in [5, 5.41) is 18.7. The lowest BCUT2D eigenvalue weighted by molar-refractivity contribution is -0.340. The van der Waals surface area contributed by atoms with E-state index in [0.717, 1.165) is 0 Å². The molecule has 3 saturated heterocycles. The fourth-order valence-electron chi connectivity index (χ4n) is 2.74. The molecule has 3 aliphatic heterocycles. The first-order valence-corrected chi connectivity index (χ1v) is 6.77. The van der Waals surface area contributed by atoms with E-state index in [1.807, 2.05) is 0 Å². The van der Waals surface area contributed by atoms with E-state index in [-0.39, 0.29) is 26.1 Å². The van der Waals surface area contributed by atoms with Gasteiger partial charge in [0.25, 0.3) is 6.47 Å². The average Bonchev–Trinajstić information content (AvgIpc) is 2.89. The quantitative estimate of drug-likeness (QED) is 0.560. The smallest absolute Gasteiger partial charge is 0.308 e. The highest BCUT2D eigenvalue weighted by Crippen LogP contribution is 2.36. The van der Waals surface area contributed by atoms with Crippen molar-refractivity contribution in [2.75, 3.05) is 13.2 Å². The van der Waals surface area contributed by atoms with Crippen LogP contribution in [0.5, 0.6) is 0 Å². The Bertz CT molecular complexity index is 428. The maximum atomic E-state index is 10.7. The third-order valence-corrected chi connectivity index (χ3v) is 3.62. The van der Waals surface area contributed by atoms with E-state index < -0.39 is 49.3 Å². The van der Waals surface area contributed by atoms with Gasteiger partial charge in [0, 0.05) is 0 Å². The topological polar surface area (TPSA) is 130 Å². The lowest BCUT2D eigenvalue weighted by Gasteiger charge is -2.44. The molecular weight excluding hydrogens is 304 g/mol. The van der Waals surface area contributed by atoms with Crippen molar-refractivity contribution in [3.05, 3.63) is 0 Å². The minimum Gasteiger partial charge on any atom is -0.481 e. The van der Waals surface area contributed by atoms with Gasteiger partial charge in [-0.3, -0.25) is 9.59 Å². The summed E-state index contributed by atoms with van der Waals surface area (Å²) in [6.45, 7) is 0.303. The molecule has 7 atom stereocenters. The second kappa shape index (κ2) is 6.44. The van der Waals surface area contributed by atoms with Crippen LogP contribution in [0.25, 0.3) is 0 Å². The zero-order chi connectivity index (χ0) is 15.7. The van der Waals surface area contributed by atoms with Crippen molar-refractivity contribution in [2.24, 2.45) is 0 Å². The van der Waals surface area contributed by atoms with Crippen LogP contribution < -0.4 is 0 Å². The standard InChI is InChI=1S/C12H16O10/c13-4-17-3-8-18-2-5-9(22-8)10-11(12(16)19-5)21-7(20-10)1-6(14)15/h4-5,7-12,16H,1-3H2,(H,14,15). The Hall–Kier alpha value is -1.30. The van der Waals surface area contributed by atoms with Crippen molar-refractivity contribution in [1.29, 1.82) is 0 Å². The summed E-state index contributed by atoms with van der Waals surface area (Å²) in [5.41, 5.74) is 0.